The van der Waals surface area contributed by atoms with Crippen molar-refractivity contribution in [2.24, 2.45) is 0 Å². The van der Waals surface area contributed by atoms with Crippen LogP contribution in [0.15, 0.2) is 18.3 Å². The number of hydrogen-bond acceptors (Lipinski definition) is 5. The van der Waals surface area contributed by atoms with Gasteiger partial charge in [-0.1, -0.05) is 6.07 Å². The predicted octanol–water partition coefficient (Wildman–Crippen LogP) is 1.03. The quantitative estimate of drug-likeness (QED) is 0.756. The van der Waals surface area contributed by atoms with Crippen LogP contribution in [-0.2, 0) is 4.74 Å². The molecule has 0 aliphatic rings. The standard InChI is InChI=1S/C13H21N5O/c1-11-4-5-12-15-13(16-18(12)10-11)14-6-8-19-9-7-17(2)3/h4-5,10H,6-9H2,1-3H3,(H,14,16). The lowest BCUT2D eigenvalue weighted by molar-refractivity contribution is 0.126. The molecule has 0 atom stereocenters. The molecule has 0 spiro atoms. The summed E-state index contributed by atoms with van der Waals surface area (Å²) in [4.78, 5) is 6.47. The molecule has 0 radical (unpaired) electrons. The Bertz CT molecular complexity index is 523. The number of hydrogen-bond donors (Lipinski definition) is 1. The Morgan fingerprint density at radius 3 is 2.95 bits per heavy atom. The Hall–Kier alpha value is -1.66. The van der Waals surface area contributed by atoms with Crippen molar-refractivity contribution in [3.63, 3.8) is 0 Å². The van der Waals surface area contributed by atoms with E-state index in [0.29, 0.717) is 19.1 Å². The fourth-order valence-electron chi connectivity index (χ4n) is 1.64. The minimum absolute atomic E-state index is 0.641. The predicted molar refractivity (Wildman–Crippen MR) is 75.6 cm³/mol. The number of ether oxygens (including phenoxy) is 1. The molecule has 0 aromatic carbocycles. The highest BCUT2D eigenvalue weighted by Gasteiger charge is 2.02. The summed E-state index contributed by atoms with van der Waals surface area (Å²) in [7, 11) is 4.06. The van der Waals surface area contributed by atoms with Crippen LogP contribution in [0.5, 0.6) is 0 Å². The highest BCUT2D eigenvalue weighted by Crippen LogP contribution is 2.06. The van der Waals surface area contributed by atoms with Crippen LogP contribution in [0.25, 0.3) is 5.65 Å². The van der Waals surface area contributed by atoms with Gasteiger partial charge in [0.1, 0.15) is 0 Å². The van der Waals surface area contributed by atoms with E-state index >= 15 is 0 Å². The van der Waals surface area contributed by atoms with Gasteiger partial charge in [0.05, 0.1) is 13.2 Å². The van der Waals surface area contributed by atoms with Crippen LogP contribution in [0, 0.1) is 6.92 Å². The van der Waals surface area contributed by atoms with E-state index in [1.807, 2.05) is 39.3 Å². The molecule has 0 bridgehead atoms. The van der Waals surface area contributed by atoms with Crippen molar-refractivity contribution in [1.82, 2.24) is 19.5 Å². The first kappa shape index (κ1) is 13.8. The van der Waals surface area contributed by atoms with Crippen LogP contribution in [-0.4, -0.2) is 59.9 Å². The zero-order valence-electron chi connectivity index (χ0n) is 11.8. The summed E-state index contributed by atoms with van der Waals surface area (Å²) in [5.41, 5.74) is 2.01. The molecule has 0 saturated heterocycles. The van der Waals surface area contributed by atoms with Crippen LogP contribution in [0.2, 0.25) is 0 Å². The normalized spacial score (nSPS) is 11.4. The second-order valence-corrected chi connectivity index (χ2v) is 4.79. The highest BCUT2D eigenvalue weighted by molar-refractivity contribution is 5.43. The first-order chi connectivity index (χ1) is 9.15. The van der Waals surface area contributed by atoms with Crippen molar-refractivity contribution in [1.29, 1.82) is 0 Å². The Labute approximate surface area is 113 Å². The molecule has 0 fully saturated rings. The minimum atomic E-state index is 0.641. The Kier molecular flexibility index (Phi) is 4.70. The second kappa shape index (κ2) is 6.49. The van der Waals surface area contributed by atoms with Gasteiger partial charge in [0.25, 0.3) is 0 Å². The third kappa shape index (κ3) is 4.18. The van der Waals surface area contributed by atoms with Crippen molar-refractivity contribution in [2.45, 2.75) is 6.92 Å². The number of pyridine rings is 1. The highest BCUT2D eigenvalue weighted by atomic mass is 16.5. The molecule has 6 heteroatoms. The average molecular weight is 263 g/mol. The second-order valence-electron chi connectivity index (χ2n) is 4.79. The van der Waals surface area contributed by atoms with E-state index in [9.17, 15) is 0 Å². The molecule has 0 aliphatic carbocycles. The van der Waals surface area contributed by atoms with Crippen LogP contribution in [0.1, 0.15) is 5.56 Å². The van der Waals surface area contributed by atoms with E-state index in [-0.39, 0.29) is 0 Å². The fraction of sp³-hybridized carbons (Fsp3) is 0.538. The summed E-state index contributed by atoms with van der Waals surface area (Å²) in [6.45, 7) is 5.08. The molecule has 104 valence electrons. The molecule has 0 amide bonds. The van der Waals surface area contributed by atoms with Gasteiger partial charge in [0, 0.05) is 19.3 Å². The summed E-state index contributed by atoms with van der Waals surface area (Å²) in [6.07, 6.45) is 1.96. The van der Waals surface area contributed by atoms with Crippen LogP contribution in [0.4, 0.5) is 5.95 Å². The molecular weight excluding hydrogens is 242 g/mol. The smallest absolute Gasteiger partial charge is 0.243 e. The van der Waals surface area contributed by atoms with Crippen molar-refractivity contribution >= 4 is 11.6 Å². The largest absolute Gasteiger partial charge is 0.378 e. The zero-order valence-corrected chi connectivity index (χ0v) is 11.8. The van der Waals surface area contributed by atoms with Gasteiger partial charge in [-0.05, 0) is 32.6 Å². The van der Waals surface area contributed by atoms with E-state index in [2.05, 4.69) is 20.3 Å². The molecule has 1 N–H and O–H groups in total. The van der Waals surface area contributed by atoms with Crippen LogP contribution in [0.3, 0.4) is 0 Å². The molecule has 0 unspecified atom stereocenters. The van der Waals surface area contributed by atoms with Gasteiger partial charge >= 0.3 is 0 Å². The van der Waals surface area contributed by atoms with Gasteiger partial charge in [-0.25, -0.2) is 4.52 Å². The van der Waals surface area contributed by atoms with Gasteiger partial charge in [0.2, 0.25) is 5.95 Å². The summed E-state index contributed by atoms with van der Waals surface area (Å²) in [5, 5.41) is 7.51. The molecule has 19 heavy (non-hydrogen) atoms. The molecule has 2 heterocycles. The summed E-state index contributed by atoms with van der Waals surface area (Å²) < 4.78 is 7.28. The van der Waals surface area contributed by atoms with Gasteiger partial charge < -0.3 is 15.0 Å². The van der Waals surface area contributed by atoms with Crippen molar-refractivity contribution in [2.75, 3.05) is 45.7 Å². The third-order valence-corrected chi connectivity index (χ3v) is 2.69. The Morgan fingerprint density at radius 2 is 2.16 bits per heavy atom. The number of fused-ring (bicyclic) bond motifs is 1. The molecular formula is C13H21N5O. The number of aryl methyl sites for hydroxylation is 1. The fourth-order valence-corrected chi connectivity index (χ4v) is 1.64. The van der Waals surface area contributed by atoms with Crippen LogP contribution < -0.4 is 5.32 Å². The summed E-state index contributed by atoms with van der Waals surface area (Å²) in [6, 6.07) is 3.99. The lowest BCUT2D eigenvalue weighted by atomic mass is 10.3. The molecule has 0 saturated carbocycles. The van der Waals surface area contributed by atoms with E-state index in [0.717, 1.165) is 24.4 Å². The number of nitrogens with zero attached hydrogens (tertiary/aromatic N) is 4. The van der Waals surface area contributed by atoms with E-state index < -0.39 is 0 Å². The zero-order chi connectivity index (χ0) is 13.7. The summed E-state index contributed by atoms with van der Waals surface area (Å²) in [5.74, 6) is 0.641. The topological polar surface area (TPSA) is 54.7 Å². The first-order valence-corrected chi connectivity index (χ1v) is 6.44. The van der Waals surface area contributed by atoms with Gasteiger partial charge in [-0.3, -0.25) is 0 Å². The number of likely N-dealkylation sites (N-methyl/N-ethyl adjacent to an activating group) is 1. The van der Waals surface area contributed by atoms with Crippen LogP contribution >= 0.6 is 0 Å². The molecule has 0 aliphatic heterocycles. The molecule has 6 nitrogen and oxygen atoms in total. The van der Waals surface area contributed by atoms with Gasteiger partial charge in [0.15, 0.2) is 5.65 Å². The summed E-state index contributed by atoms with van der Waals surface area (Å²) >= 11 is 0. The van der Waals surface area contributed by atoms with Gasteiger partial charge in [-0.15, -0.1) is 5.10 Å². The number of anilines is 1. The monoisotopic (exact) mass is 263 g/mol. The molecule has 2 rings (SSSR count). The molecule has 2 aromatic rings. The SMILES string of the molecule is Cc1ccc2nc(NCCOCCN(C)C)nn2c1. The Morgan fingerprint density at radius 1 is 1.32 bits per heavy atom. The average Bonchev–Trinajstić information content (AvgIpc) is 2.75. The number of aromatic nitrogens is 3. The minimum Gasteiger partial charge on any atom is -0.378 e. The number of nitrogens with one attached hydrogen (secondary N) is 1. The third-order valence-electron chi connectivity index (χ3n) is 2.69. The maximum absolute atomic E-state index is 5.49. The first-order valence-electron chi connectivity index (χ1n) is 6.44. The Balaban J connectivity index is 1.75. The van der Waals surface area contributed by atoms with Crippen molar-refractivity contribution in [3.05, 3.63) is 23.9 Å². The van der Waals surface area contributed by atoms with Gasteiger partial charge in [-0.2, -0.15) is 4.98 Å². The lowest BCUT2D eigenvalue weighted by Crippen LogP contribution is -2.20. The maximum Gasteiger partial charge on any atom is 0.243 e. The van der Waals surface area contributed by atoms with E-state index in [1.165, 1.54) is 0 Å². The van der Waals surface area contributed by atoms with Crippen molar-refractivity contribution < 1.29 is 4.74 Å². The molecule has 2 aromatic heterocycles. The maximum atomic E-state index is 5.49. The van der Waals surface area contributed by atoms with Crippen molar-refractivity contribution in [3.8, 4) is 0 Å². The number of rotatable bonds is 7. The lowest BCUT2D eigenvalue weighted by Gasteiger charge is -2.09. The van der Waals surface area contributed by atoms with E-state index in [4.69, 9.17) is 4.74 Å². The van der Waals surface area contributed by atoms with E-state index in [1.54, 1.807) is 4.52 Å².